The highest BCUT2D eigenvalue weighted by atomic mass is 79.9. The van der Waals surface area contributed by atoms with Gasteiger partial charge in [0.2, 0.25) is 0 Å². The molecular formula is C23H24BrN3O2. The number of allylic oxidation sites excluding steroid dienone is 1. The van der Waals surface area contributed by atoms with Crippen molar-refractivity contribution in [3.8, 4) is 17.6 Å². The molecular weight excluding hydrogens is 430 g/mol. The van der Waals surface area contributed by atoms with Crippen LogP contribution in [0.25, 0.3) is 22.7 Å². The number of aryl methyl sites for hydroxylation is 1. The summed E-state index contributed by atoms with van der Waals surface area (Å²) in [6.45, 7) is 8.57. The van der Waals surface area contributed by atoms with Crippen LogP contribution in [0.3, 0.4) is 0 Å². The highest BCUT2D eigenvalue weighted by Gasteiger charge is 2.15. The van der Waals surface area contributed by atoms with E-state index in [9.17, 15) is 5.26 Å². The molecule has 0 amide bonds. The average Bonchev–Trinajstić information content (AvgIpc) is 3.11. The lowest BCUT2D eigenvalue weighted by atomic mass is 10.1. The SMILES string of the molecule is CCOc1cc(/C=C(/C#N)c2nc3ccc(C)cc3[nH]2)cc(Br)c1O[C@@H](C)CC. The minimum Gasteiger partial charge on any atom is -0.490 e. The number of H-pyrrole nitrogens is 1. The maximum absolute atomic E-state index is 9.72. The molecule has 2 aromatic carbocycles. The molecule has 5 nitrogen and oxygen atoms in total. The van der Waals surface area contributed by atoms with Crippen LogP contribution < -0.4 is 9.47 Å². The first-order chi connectivity index (χ1) is 13.9. The van der Waals surface area contributed by atoms with Gasteiger partial charge in [0.25, 0.3) is 0 Å². The van der Waals surface area contributed by atoms with E-state index in [4.69, 9.17) is 9.47 Å². The van der Waals surface area contributed by atoms with E-state index in [1.165, 1.54) is 0 Å². The Balaban J connectivity index is 2.03. The Morgan fingerprint density at radius 1 is 1.31 bits per heavy atom. The van der Waals surface area contributed by atoms with E-state index in [-0.39, 0.29) is 6.10 Å². The monoisotopic (exact) mass is 453 g/mol. The third-order valence-corrected chi connectivity index (χ3v) is 5.14. The maximum Gasteiger partial charge on any atom is 0.175 e. The smallest absolute Gasteiger partial charge is 0.175 e. The van der Waals surface area contributed by atoms with E-state index in [1.54, 1.807) is 6.08 Å². The van der Waals surface area contributed by atoms with Gasteiger partial charge in [-0.05, 0) is 84.6 Å². The summed E-state index contributed by atoms with van der Waals surface area (Å²) >= 11 is 3.59. The largest absolute Gasteiger partial charge is 0.490 e. The number of benzene rings is 2. The third-order valence-electron chi connectivity index (χ3n) is 4.55. The van der Waals surface area contributed by atoms with Gasteiger partial charge in [0.05, 0.1) is 33.8 Å². The molecule has 1 atom stereocenters. The second-order valence-corrected chi connectivity index (χ2v) is 7.73. The van der Waals surface area contributed by atoms with Crippen LogP contribution in [-0.2, 0) is 0 Å². The predicted octanol–water partition coefficient (Wildman–Crippen LogP) is 6.27. The van der Waals surface area contributed by atoms with Crippen molar-refractivity contribution in [3.63, 3.8) is 0 Å². The van der Waals surface area contributed by atoms with E-state index in [0.717, 1.165) is 33.1 Å². The van der Waals surface area contributed by atoms with Gasteiger partial charge >= 0.3 is 0 Å². The summed E-state index contributed by atoms with van der Waals surface area (Å²) in [6, 6.07) is 12.0. The topological polar surface area (TPSA) is 70.9 Å². The van der Waals surface area contributed by atoms with Crippen molar-refractivity contribution in [2.24, 2.45) is 0 Å². The van der Waals surface area contributed by atoms with Gasteiger partial charge in [-0.1, -0.05) is 13.0 Å². The molecule has 0 bridgehead atoms. The fraction of sp³-hybridized carbons (Fsp3) is 0.304. The van der Waals surface area contributed by atoms with Gasteiger partial charge < -0.3 is 14.5 Å². The Bertz CT molecular complexity index is 1100. The molecule has 150 valence electrons. The second-order valence-electron chi connectivity index (χ2n) is 6.88. The standard InChI is InChI=1S/C23H24BrN3O2/c1-5-15(4)29-22-18(24)11-16(12-21(22)28-6-2)10-17(13-25)23-26-19-8-7-14(3)9-20(19)27-23/h7-12,15H,5-6H2,1-4H3,(H,26,27)/b17-10-/t15-/m0/s1. The minimum absolute atomic E-state index is 0.0700. The lowest BCUT2D eigenvalue weighted by Gasteiger charge is -2.18. The molecule has 0 aliphatic carbocycles. The van der Waals surface area contributed by atoms with Crippen LogP contribution in [0.5, 0.6) is 11.5 Å². The van der Waals surface area contributed by atoms with Crippen molar-refractivity contribution >= 4 is 38.6 Å². The van der Waals surface area contributed by atoms with Gasteiger partial charge in [-0.15, -0.1) is 0 Å². The highest BCUT2D eigenvalue weighted by Crippen LogP contribution is 2.38. The average molecular weight is 454 g/mol. The van der Waals surface area contributed by atoms with Crippen LogP contribution in [0.4, 0.5) is 0 Å². The zero-order valence-corrected chi connectivity index (χ0v) is 18.6. The number of aromatic nitrogens is 2. The molecule has 0 saturated heterocycles. The van der Waals surface area contributed by atoms with E-state index in [1.807, 2.05) is 51.1 Å². The van der Waals surface area contributed by atoms with Gasteiger partial charge in [-0.2, -0.15) is 5.26 Å². The number of ether oxygens (including phenoxy) is 2. The fourth-order valence-corrected chi connectivity index (χ4v) is 3.46. The molecule has 0 radical (unpaired) electrons. The molecule has 3 aromatic rings. The zero-order valence-electron chi connectivity index (χ0n) is 17.0. The Kier molecular flexibility index (Phi) is 6.60. The molecule has 0 aliphatic heterocycles. The summed E-state index contributed by atoms with van der Waals surface area (Å²) in [4.78, 5) is 7.79. The summed E-state index contributed by atoms with van der Waals surface area (Å²) in [6.07, 6.45) is 2.76. The van der Waals surface area contributed by atoms with Crippen LogP contribution in [0.2, 0.25) is 0 Å². The normalized spacial score (nSPS) is 12.6. The number of fused-ring (bicyclic) bond motifs is 1. The van der Waals surface area contributed by atoms with E-state index >= 15 is 0 Å². The van der Waals surface area contributed by atoms with Gasteiger partial charge in [0.1, 0.15) is 11.9 Å². The number of nitriles is 1. The molecule has 0 unspecified atom stereocenters. The number of hydrogen-bond acceptors (Lipinski definition) is 4. The van der Waals surface area contributed by atoms with Crippen molar-refractivity contribution in [2.45, 2.75) is 40.2 Å². The summed E-state index contributed by atoms with van der Waals surface area (Å²) in [5, 5.41) is 9.72. The molecule has 29 heavy (non-hydrogen) atoms. The highest BCUT2D eigenvalue weighted by molar-refractivity contribution is 9.10. The van der Waals surface area contributed by atoms with Crippen molar-refractivity contribution < 1.29 is 9.47 Å². The summed E-state index contributed by atoms with van der Waals surface area (Å²) in [5.74, 6) is 1.86. The van der Waals surface area contributed by atoms with Gasteiger partial charge in [0, 0.05) is 0 Å². The molecule has 6 heteroatoms. The Morgan fingerprint density at radius 2 is 2.10 bits per heavy atom. The first-order valence-corrected chi connectivity index (χ1v) is 10.5. The van der Waals surface area contributed by atoms with Crippen LogP contribution >= 0.6 is 15.9 Å². The van der Waals surface area contributed by atoms with E-state index in [0.29, 0.717) is 29.5 Å². The predicted molar refractivity (Wildman–Crippen MR) is 120 cm³/mol. The minimum atomic E-state index is 0.0700. The van der Waals surface area contributed by atoms with E-state index in [2.05, 4.69) is 38.9 Å². The number of aromatic amines is 1. The Morgan fingerprint density at radius 3 is 2.79 bits per heavy atom. The van der Waals surface area contributed by atoms with Crippen molar-refractivity contribution in [2.75, 3.05) is 6.61 Å². The van der Waals surface area contributed by atoms with Gasteiger partial charge in [0.15, 0.2) is 11.5 Å². The molecule has 1 aromatic heterocycles. The molecule has 1 N–H and O–H groups in total. The number of hydrogen-bond donors (Lipinski definition) is 1. The van der Waals surface area contributed by atoms with Crippen LogP contribution in [0.15, 0.2) is 34.8 Å². The molecule has 3 rings (SSSR count). The number of imidazole rings is 1. The third kappa shape index (κ3) is 4.80. The molecule has 0 fully saturated rings. The molecule has 0 spiro atoms. The number of nitrogens with one attached hydrogen (secondary N) is 1. The zero-order chi connectivity index (χ0) is 21.0. The van der Waals surface area contributed by atoms with Crippen LogP contribution in [0.1, 0.15) is 44.1 Å². The Hall–Kier alpha value is -2.78. The Labute approximate surface area is 179 Å². The first-order valence-electron chi connectivity index (χ1n) is 9.66. The molecule has 1 heterocycles. The lowest BCUT2D eigenvalue weighted by molar-refractivity contribution is 0.202. The van der Waals surface area contributed by atoms with Crippen molar-refractivity contribution in [1.29, 1.82) is 5.26 Å². The van der Waals surface area contributed by atoms with E-state index < -0.39 is 0 Å². The molecule has 0 saturated carbocycles. The molecule has 0 aliphatic rings. The van der Waals surface area contributed by atoms with Crippen LogP contribution in [-0.4, -0.2) is 22.7 Å². The van der Waals surface area contributed by atoms with Gasteiger partial charge in [-0.3, -0.25) is 0 Å². The summed E-state index contributed by atoms with van der Waals surface area (Å²) < 4.78 is 12.6. The summed E-state index contributed by atoms with van der Waals surface area (Å²) in [5.41, 5.74) is 4.15. The summed E-state index contributed by atoms with van der Waals surface area (Å²) in [7, 11) is 0. The maximum atomic E-state index is 9.72. The quantitative estimate of drug-likeness (QED) is 0.427. The van der Waals surface area contributed by atoms with Crippen LogP contribution in [0, 0.1) is 18.3 Å². The lowest BCUT2D eigenvalue weighted by Crippen LogP contribution is -2.11. The first kappa shape index (κ1) is 20.9. The number of halogens is 1. The number of rotatable bonds is 7. The van der Waals surface area contributed by atoms with Crippen molar-refractivity contribution in [1.82, 2.24) is 9.97 Å². The van der Waals surface area contributed by atoms with Crippen molar-refractivity contribution in [3.05, 3.63) is 51.8 Å². The fourth-order valence-electron chi connectivity index (χ4n) is 2.90. The number of nitrogens with zero attached hydrogens (tertiary/aromatic N) is 2. The second kappa shape index (κ2) is 9.15. The van der Waals surface area contributed by atoms with Gasteiger partial charge in [-0.25, -0.2) is 4.98 Å².